The summed E-state index contributed by atoms with van der Waals surface area (Å²) < 4.78 is 9.83. The Bertz CT molecular complexity index is 528. The summed E-state index contributed by atoms with van der Waals surface area (Å²) in [5.41, 5.74) is 0.761. The lowest BCUT2D eigenvalue weighted by Crippen LogP contribution is -2.27. The predicted octanol–water partition coefficient (Wildman–Crippen LogP) is 0.827. The molecule has 1 aromatic rings. The third kappa shape index (κ3) is 2.60. The molecular weight excluding hydrogens is 262 g/mol. The number of ether oxygens (including phenoxy) is 2. The van der Waals surface area contributed by atoms with Crippen LogP contribution in [0.3, 0.4) is 0 Å². The average molecular weight is 279 g/mol. The number of esters is 1. The normalized spacial score (nSPS) is 18.2. The van der Waals surface area contributed by atoms with Gasteiger partial charge in [-0.1, -0.05) is 0 Å². The number of rotatable bonds is 4. The molecule has 6 nitrogen and oxygen atoms in total. The second kappa shape index (κ2) is 5.92. The highest BCUT2D eigenvalue weighted by molar-refractivity contribution is 6.04. The van der Waals surface area contributed by atoms with E-state index in [0.29, 0.717) is 18.0 Å². The third-order valence-electron chi connectivity index (χ3n) is 3.36. The van der Waals surface area contributed by atoms with Crippen molar-refractivity contribution < 1.29 is 24.2 Å². The Balaban J connectivity index is 2.40. The summed E-state index contributed by atoms with van der Waals surface area (Å²) in [5, 5.41) is 9.16. The highest BCUT2D eigenvalue weighted by atomic mass is 16.5. The van der Waals surface area contributed by atoms with Crippen molar-refractivity contribution in [2.24, 2.45) is 5.92 Å². The highest BCUT2D eigenvalue weighted by Crippen LogP contribution is 2.31. The number of benzene rings is 1. The fourth-order valence-corrected chi connectivity index (χ4v) is 2.29. The van der Waals surface area contributed by atoms with Crippen LogP contribution in [0, 0.1) is 5.92 Å². The lowest BCUT2D eigenvalue weighted by molar-refractivity contribution is -0.117. The summed E-state index contributed by atoms with van der Waals surface area (Å²) in [6, 6.07) is 4.88. The van der Waals surface area contributed by atoms with Crippen molar-refractivity contribution in [3.63, 3.8) is 0 Å². The number of aliphatic hydroxyl groups is 1. The standard InChI is InChI=1S/C14H17NO5/c1-19-10-3-4-12(11(6-10)14(18)20-2)15-7-9(8-16)5-13(15)17/h3-4,6,9,16H,5,7-8H2,1-2H3. The van der Waals surface area contributed by atoms with Crippen LogP contribution < -0.4 is 9.64 Å². The molecule has 1 heterocycles. The first-order chi connectivity index (χ1) is 9.60. The Labute approximate surface area is 116 Å². The van der Waals surface area contributed by atoms with Crippen molar-refractivity contribution in [2.75, 3.05) is 32.3 Å². The van der Waals surface area contributed by atoms with Crippen molar-refractivity contribution in [3.05, 3.63) is 23.8 Å². The van der Waals surface area contributed by atoms with E-state index >= 15 is 0 Å². The number of hydrogen-bond donors (Lipinski definition) is 1. The number of anilines is 1. The second-order valence-electron chi connectivity index (χ2n) is 4.63. The molecule has 1 fully saturated rings. The molecule has 1 aliphatic rings. The smallest absolute Gasteiger partial charge is 0.340 e. The molecule has 2 rings (SSSR count). The molecular formula is C14H17NO5. The maximum absolute atomic E-state index is 12.0. The molecule has 1 aromatic carbocycles. The van der Waals surface area contributed by atoms with E-state index in [1.165, 1.54) is 19.1 Å². The Kier molecular flexibility index (Phi) is 4.24. The van der Waals surface area contributed by atoms with Gasteiger partial charge in [-0.2, -0.15) is 0 Å². The van der Waals surface area contributed by atoms with Gasteiger partial charge in [0.1, 0.15) is 5.75 Å². The SMILES string of the molecule is COC(=O)c1cc(OC)ccc1N1CC(CO)CC1=O. The maximum atomic E-state index is 12.0. The van der Waals surface area contributed by atoms with Crippen LogP contribution in [0.4, 0.5) is 5.69 Å². The van der Waals surface area contributed by atoms with Gasteiger partial charge in [0.25, 0.3) is 0 Å². The zero-order valence-corrected chi connectivity index (χ0v) is 11.5. The third-order valence-corrected chi connectivity index (χ3v) is 3.36. The van der Waals surface area contributed by atoms with Gasteiger partial charge < -0.3 is 19.5 Å². The van der Waals surface area contributed by atoms with Crippen LogP contribution in [0.15, 0.2) is 18.2 Å². The van der Waals surface area contributed by atoms with Crippen LogP contribution in [-0.4, -0.2) is 44.4 Å². The van der Waals surface area contributed by atoms with Crippen molar-refractivity contribution in [1.29, 1.82) is 0 Å². The van der Waals surface area contributed by atoms with Gasteiger partial charge in [0, 0.05) is 25.5 Å². The molecule has 1 aliphatic heterocycles. The Hall–Kier alpha value is -2.08. The summed E-state index contributed by atoms with van der Waals surface area (Å²) in [4.78, 5) is 25.4. The zero-order chi connectivity index (χ0) is 14.7. The molecule has 1 saturated heterocycles. The van der Waals surface area contributed by atoms with Crippen LogP contribution in [-0.2, 0) is 9.53 Å². The van der Waals surface area contributed by atoms with Crippen molar-refractivity contribution in [1.82, 2.24) is 0 Å². The van der Waals surface area contributed by atoms with E-state index in [1.807, 2.05) is 0 Å². The first kappa shape index (κ1) is 14.3. The van der Waals surface area contributed by atoms with E-state index in [-0.39, 0.29) is 30.4 Å². The molecule has 20 heavy (non-hydrogen) atoms. The van der Waals surface area contributed by atoms with Crippen LogP contribution in [0.25, 0.3) is 0 Å². The van der Waals surface area contributed by atoms with E-state index in [1.54, 1.807) is 18.2 Å². The summed E-state index contributed by atoms with van der Waals surface area (Å²) in [6.07, 6.45) is 0.281. The van der Waals surface area contributed by atoms with Gasteiger partial charge >= 0.3 is 5.97 Å². The molecule has 0 aromatic heterocycles. The molecule has 1 N–H and O–H groups in total. The molecule has 6 heteroatoms. The van der Waals surface area contributed by atoms with E-state index in [0.717, 1.165) is 0 Å². The van der Waals surface area contributed by atoms with Crippen molar-refractivity contribution in [2.45, 2.75) is 6.42 Å². The van der Waals surface area contributed by atoms with Gasteiger partial charge in [0.05, 0.1) is 25.5 Å². The van der Waals surface area contributed by atoms with Crippen LogP contribution in [0.2, 0.25) is 0 Å². The van der Waals surface area contributed by atoms with Crippen molar-refractivity contribution in [3.8, 4) is 5.75 Å². The lowest BCUT2D eigenvalue weighted by atomic mass is 10.1. The predicted molar refractivity (Wildman–Crippen MR) is 71.9 cm³/mol. The first-order valence-electron chi connectivity index (χ1n) is 6.28. The number of aliphatic hydroxyl groups excluding tert-OH is 1. The molecule has 1 atom stereocenters. The quantitative estimate of drug-likeness (QED) is 0.826. The monoisotopic (exact) mass is 279 g/mol. The van der Waals surface area contributed by atoms with E-state index in [4.69, 9.17) is 14.6 Å². The van der Waals surface area contributed by atoms with E-state index in [9.17, 15) is 9.59 Å². The minimum Gasteiger partial charge on any atom is -0.497 e. The van der Waals surface area contributed by atoms with Gasteiger partial charge in [0.15, 0.2) is 0 Å². The van der Waals surface area contributed by atoms with Crippen LogP contribution in [0.1, 0.15) is 16.8 Å². The largest absolute Gasteiger partial charge is 0.497 e. The first-order valence-corrected chi connectivity index (χ1v) is 6.28. The molecule has 0 aliphatic carbocycles. The minimum atomic E-state index is -0.529. The summed E-state index contributed by atoms with van der Waals surface area (Å²) in [6.45, 7) is 0.345. The van der Waals surface area contributed by atoms with Crippen molar-refractivity contribution >= 4 is 17.6 Å². The van der Waals surface area contributed by atoms with Gasteiger partial charge in [-0.05, 0) is 18.2 Å². The van der Waals surface area contributed by atoms with Gasteiger partial charge in [0.2, 0.25) is 5.91 Å². The Morgan fingerprint density at radius 1 is 1.45 bits per heavy atom. The van der Waals surface area contributed by atoms with Crippen LogP contribution in [0.5, 0.6) is 5.75 Å². The highest BCUT2D eigenvalue weighted by Gasteiger charge is 2.32. The fraction of sp³-hybridized carbons (Fsp3) is 0.429. The van der Waals surface area contributed by atoms with E-state index in [2.05, 4.69) is 0 Å². The Morgan fingerprint density at radius 2 is 2.20 bits per heavy atom. The molecule has 1 amide bonds. The summed E-state index contributed by atoms with van der Waals surface area (Å²) >= 11 is 0. The average Bonchev–Trinajstić information content (AvgIpc) is 2.86. The number of methoxy groups -OCH3 is 2. The lowest BCUT2D eigenvalue weighted by Gasteiger charge is -2.20. The topological polar surface area (TPSA) is 76.1 Å². The number of amides is 1. The molecule has 0 radical (unpaired) electrons. The number of carbonyl (C=O) groups excluding carboxylic acids is 2. The van der Waals surface area contributed by atoms with Gasteiger partial charge in [-0.3, -0.25) is 4.79 Å². The molecule has 1 unspecified atom stereocenters. The molecule has 108 valence electrons. The number of nitrogens with zero attached hydrogens (tertiary/aromatic N) is 1. The maximum Gasteiger partial charge on any atom is 0.340 e. The Morgan fingerprint density at radius 3 is 2.75 bits per heavy atom. The van der Waals surface area contributed by atoms with Gasteiger partial charge in [-0.15, -0.1) is 0 Å². The number of hydrogen-bond acceptors (Lipinski definition) is 5. The molecule has 0 saturated carbocycles. The summed E-state index contributed by atoms with van der Waals surface area (Å²) in [7, 11) is 2.78. The van der Waals surface area contributed by atoms with Crippen LogP contribution >= 0.6 is 0 Å². The molecule has 0 bridgehead atoms. The second-order valence-corrected chi connectivity index (χ2v) is 4.63. The summed E-state index contributed by atoms with van der Waals surface area (Å²) in [5.74, 6) is -0.229. The molecule has 0 spiro atoms. The van der Waals surface area contributed by atoms with E-state index < -0.39 is 5.97 Å². The minimum absolute atomic E-state index is 0.0497. The fourth-order valence-electron chi connectivity index (χ4n) is 2.29. The zero-order valence-electron chi connectivity index (χ0n) is 11.5. The number of carbonyl (C=O) groups is 2. The van der Waals surface area contributed by atoms with Gasteiger partial charge in [-0.25, -0.2) is 4.79 Å².